The third-order valence-corrected chi connectivity index (χ3v) is 5.53. The van der Waals surface area contributed by atoms with Gasteiger partial charge in [-0.25, -0.2) is 9.18 Å². The SMILES string of the molecule is C[C@@H]1C(=O)NCCN1C(=O)NC(c1ccc(F)c(Cl)c1)C1CC(OC(F)F)C1. The van der Waals surface area contributed by atoms with E-state index in [0.29, 0.717) is 31.5 Å². The summed E-state index contributed by atoms with van der Waals surface area (Å²) in [6, 6.07) is 2.45. The van der Waals surface area contributed by atoms with Crippen LogP contribution >= 0.6 is 11.6 Å². The van der Waals surface area contributed by atoms with Crippen molar-refractivity contribution in [2.45, 2.75) is 44.6 Å². The highest BCUT2D eigenvalue weighted by Gasteiger charge is 2.40. The lowest BCUT2D eigenvalue weighted by atomic mass is 9.75. The van der Waals surface area contributed by atoms with E-state index in [1.807, 2.05) is 0 Å². The van der Waals surface area contributed by atoms with Crippen molar-refractivity contribution in [3.63, 3.8) is 0 Å². The van der Waals surface area contributed by atoms with Crippen LogP contribution in [0.2, 0.25) is 5.02 Å². The molecule has 28 heavy (non-hydrogen) atoms. The normalized spacial score (nSPS) is 25.9. The van der Waals surface area contributed by atoms with Gasteiger partial charge in [0.1, 0.15) is 11.9 Å². The summed E-state index contributed by atoms with van der Waals surface area (Å²) in [5.41, 5.74) is 0.564. The molecule has 3 rings (SSSR count). The van der Waals surface area contributed by atoms with Crippen LogP contribution in [0.1, 0.15) is 31.4 Å². The number of hydrogen-bond acceptors (Lipinski definition) is 3. The monoisotopic (exact) mass is 419 g/mol. The predicted molar refractivity (Wildman–Crippen MR) is 95.5 cm³/mol. The number of benzene rings is 1. The van der Waals surface area contributed by atoms with Crippen LogP contribution in [-0.2, 0) is 9.53 Å². The van der Waals surface area contributed by atoms with Crippen molar-refractivity contribution in [3.05, 3.63) is 34.6 Å². The zero-order chi connectivity index (χ0) is 20.4. The van der Waals surface area contributed by atoms with Crippen molar-refractivity contribution in [1.82, 2.24) is 15.5 Å². The maximum absolute atomic E-state index is 13.5. The van der Waals surface area contributed by atoms with Crippen LogP contribution in [0.5, 0.6) is 0 Å². The van der Waals surface area contributed by atoms with E-state index in [2.05, 4.69) is 15.4 Å². The van der Waals surface area contributed by atoms with Crippen molar-refractivity contribution < 1.29 is 27.5 Å². The molecule has 1 unspecified atom stereocenters. The van der Waals surface area contributed by atoms with E-state index in [1.165, 1.54) is 23.1 Å². The standard InChI is InChI=1S/C18H21ClF3N3O3/c1-9-16(26)23-4-5-25(9)18(27)24-15(10-2-3-14(20)13(19)8-10)11-6-12(7-11)28-17(21)22/h2-3,8-9,11-12,15,17H,4-7H2,1H3,(H,23,26)(H,24,27)/t9-,11?,12?,15?/m1/s1. The zero-order valence-electron chi connectivity index (χ0n) is 15.1. The van der Waals surface area contributed by atoms with Crippen LogP contribution in [-0.4, -0.2) is 48.7 Å². The number of alkyl halides is 2. The summed E-state index contributed by atoms with van der Waals surface area (Å²) in [6.07, 6.45) is 0.0423. The van der Waals surface area contributed by atoms with Crippen LogP contribution in [0, 0.1) is 11.7 Å². The molecule has 0 spiro atoms. The Morgan fingerprint density at radius 1 is 1.39 bits per heavy atom. The fourth-order valence-electron chi connectivity index (χ4n) is 3.59. The van der Waals surface area contributed by atoms with Gasteiger partial charge in [0, 0.05) is 13.1 Å². The number of halogens is 4. The van der Waals surface area contributed by atoms with Gasteiger partial charge in [-0.1, -0.05) is 17.7 Å². The summed E-state index contributed by atoms with van der Waals surface area (Å²) < 4.78 is 42.8. The molecule has 2 aliphatic rings. The van der Waals surface area contributed by atoms with Crippen LogP contribution in [0.3, 0.4) is 0 Å². The lowest BCUT2D eigenvalue weighted by Crippen LogP contribution is -2.59. The van der Waals surface area contributed by atoms with E-state index in [0.717, 1.165) is 0 Å². The molecule has 2 fully saturated rings. The minimum atomic E-state index is -2.85. The van der Waals surface area contributed by atoms with Gasteiger partial charge < -0.3 is 20.3 Å². The first-order valence-corrected chi connectivity index (χ1v) is 9.37. The topological polar surface area (TPSA) is 70.7 Å². The van der Waals surface area contributed by atoms with E-state index in [9.17, 15) is 22.8 Å². The van der Waals surface area contributed by atoms with Gasteiger partial charge in [0.05, 0.1) is 17.2 Å². The number of hydrogen-bond donors (Lipinski definition) is 2. The van der Waals surface area contributed by atoms with Crippen molar-refractivity contribution in [3.8, 4) is 0 Å². The van der Waals surface area contributed by atoms with Gasteiger partial charge in [0.15, 0.2) is 0 Å². The van der Waals surface area contributed by atoms with E-state index in [-0.39, 0.29) is 16.8 Å². The molecule has 1 aliphatic heterocycles. The summed E-state index contributed by atoms with van der Waals surface area (Å²) in [5, 5.41) is 5.44. The maximum atomic E-state index is 13.5. The van der Waals surface area contributed by atoms with E-state index in [4.69, 9.17) is 11.6 Å². The molecule has 1 aromatic carbocycles. The Balaban J connectivity index is 1.75. The largest absolute Gasteiger partial charge is 0.353 e. The lowest BCUT2D eigenvalue weighted by Gasteiger charge is -2.42. The molecular weight excluding hydrogens is 399 g/mol. The molecule has 0 radical (unpaired) electrons. The van der Waals surface area contributed by atoms with Crippen LogP contribution < -0.4 is 10.6 Å². The molecule has 2 N–H and O–H groups in total. The number of nitrogens with one attached hydrogen (secondary N) is 2. The summed E-state index contributed by atoms with van der Waals surface area (Å²) in [6.45, 7) is -0.547. The molecule has 6 nitrogen and oxygen atoms in total. The minimum Gasteiger partial charge on any atom is -0.353 e. The van der Waals surface area contributed by atoms with E-state index >= 15 is 0 Å². The molecule has 3 amide bonds. The van der Waals surface area contributed by atoms with Crippen molar-refractivity contribution in [2.24, 2.45) is 5.92 Å². The van der Waals surface area contributed by atoms with Crippen molar-refractivity contribution >= 4 is 23.5 Å². The average Bonchev–Trinajstić information content (AvgIpc) is 2.60. The molecule has 0 bridgehead atoms. The number of carbonyl (C=O) groups is 2. The zero-order valence-corrected chi connectivity index (χ0v) is 15.9. The van der Waals surface area contributed by atoms with Crippen molar-refractivity contribution in [1.29, 1.82) is 0 Å². The van der Waals surface area contributed by atoms with E-state index < -0.39 is 36.6 Å². The lowest BCUT2D eigenvalue weighted by molar-refractivity contribution is -0.193. The van der Waals surface area contributed by atoms with Gasteiger partial charge in [-0.2, -0.15) is 8.78 Å². The number of carbonyl (C=O) groups excluding carboxylic acids is 2. The first-order chi connectivity index (χ1) is 13.3. The van der Waals surface area contributed by atoms with Gasteiger partial charge in [-0.3, -0.25) is 4.79 Å². The quantitative estimate of drug-likeness (QED) is 0.770. The molecule has 1 saturated carbocycles. The molecule has 10 heteroatoms. The first-order valence-electron chi connectivity index (χ1n) is 8.99. The number of ether oxygens (including phenoxy) is 1. The van der Waals surface area contributed by atoms with Gasteiger partial charge in [0.2, 0.25) is 5.91 Å². The Labute approximate surface area is 165 Å². The van der Waals surface area contributed by atoms with Gasteiger partial charge in [-0.05, 0) is 43.4 Å². The summed E-state index contributed by atoms with van der Waals surface area (Å²) >= 11 is 5.87. The Kier molecular flexibility index (Phi) is 6.34. The third-order valence-electron chi connectivity index (χ3n) is 5.24. The highest BCUT2D eigenvalue weighted by molar-refractivity contribution is 6.30. The fraction of sp³-hybridized carbons (Fsp3) is 0.556. The molecule has 1 aromatic rings. The second-order valence-corrected chi connectivity index (χ2v) is 7.42. The summed E-state index contributed by atoms with van der Waals surface area (Å²) in [5.74, 6) is -1.02. The minimum absolute atomic E-state index is 0.0952. The third kappa shape index (κ3) is 4.52. The molecular formula is C18H21ClF3N3O3. The molecule has 1 heterocycles. The first kappa shape index (κ1) is 20.7. The van der Waals surface area contributed by atoms with Gasteiger partial charge >= 0.3 is 12.6 Å². The number of urea groups is 1. The maximum Gasteiger partial charge on any atom is 0.345 e. The van der Waals surface area contributed by atoms with Gasteiger partial charge in [-0.15, -0.1) is 0 Å². The van der Waals surface area contributed by atoms with Crippen LogP contribution in [0.25, 0.3) is 0 Å². The number of amides is 3. The second kappa shape index (κ2) is 8.57. The number of rotatable bonds is 5. The van der Waals surface area contributed by atoms with Crippen LogP contribution in [0.15, 0.2) is 18.2 Å². The summed E-state index contributed by atoms with van der Waals surface area (Å²) in [4.78, 5) is 26.0. The Hall–Kier alpha value is -2.00. The molecule has 0 aromatic heterocycles. The molecule has 1 saturated heterocycles. The molecule has 2 atom stereocenters. The summed E-state index contributed by atoms with van der Waals surface area (Å²) in [7, 11) is 0. The fourth-order valence-corrected chi connectivity index (χ4v) is 3.78. The number of piperazine rings is 1. The van der Waals surface area contributed by atoms with E-state index in [1.54, 1.807) is 6.92 Å². The second-order valence-electron chi connectivity index (χ2n) is 7.01. The highest BCUT2D eigenvalue weighted by atomic mass is 35.5. The molecule has 154 valence electrons. The average molecular weight is 420 g/mol. The Morgan fingerprint density at radius 2 is 2.11 bits per heavy atom. The number of nitrogens with zero attached hydrogens (tertiary/aromatic N) is 1. The smallest absolute Gasteiger partial charge is 0.345 e. The van der Waals surface area contributed by atoms with Crippen molar-refractivity contribution in [2.75, 3.05) is 13.1 Å². The molecule has 1 aliphatic carbocycles. The highest BCUT2D eigenvalue weighted by Crippen LogP contribution is 2.41. The van der Waals surface area contributed by atoms with Crippen LogP contribution in [0.4, 0.5) is 18.0 Å². The Bertz CT molecular complexity index is 746. The van der Waals surface area contributed by atoms with Gasteiger partial charge in [0.25, 0.3) is 0 Å². The Morgan fingerprint density at radius 3 is 2.75 bits per heavy atom. The predicted octanol–water partition coefficient (Wildman–Crippen LogP) is 3.07.